The molecule has 1 saturated heterocycles. The highest BCUT2D eigenvalue weighted by Gasteiger charge is 2.32. The lowest BCUT2D eigenvalue weighted by molar-refractivity contribution is 0.0981. The van der Waals surface area contributed by atoms with Crippen LogP contribution in [-0.2, 0) is 16.4 Å². The number of para-hydroxylation sites is 1. The van der Waals surface area contributed by atoms with Gasteiger partial charge in [-0.2, -0.15) is 4.31 Å². The Bertz CT molecular complexity index is 949. The van der Waals surface area contributed by atoms with Gasteiger partial charge in [-0.1, -0.05) is 36.8 Å². The third-order valence-electron chi connectivity index (χ3n) is 5.41. The third-order valence-corrected chi connectivity index (χ3v) is 7.36. The maximum atomic E-state index is 13.4. The van der Waals surface area contributed by atoms with Gasteiger partial charge in [0, 0.05) is 25.3 Å². The van der Waals surface area contributed by atoms with Crippen LogP contribution in [0.3, 0.4) is 0 Å². The van der Waals surface area contributed by atoms with Gasteiger partial charge in [0.25, 0.3) is 5.91 Å². The number of rotatable bonds is 3. The van der Waals surface area contributed by atoms with Gasteiger partial charge < -0.3 is 4.90 Å². The lowest BCUT2D eigenvalue weighted by Crippen LogP contribution is -2.39. The molecule has 2 aliphatic heterocycles. The first-order chi connectivity index (χ1) is 13.1. The number of carbonyl (C=O) groups is 1. The van der Waals surface area contributed by atoms with E-state index >= 15 is 0 Å². The number of aryl methyl sites for hydroxylation is 1. The van der Waals surface area contributed by atoms with E-state index in [1.54, 1.807) is 29.2 Å². The Kier molecular flexibility index (Phi) is 5.02. The topological polar surface area (TPSA) is 57.7 Å². The maximum Gasteiger partial charge on any atom is 0.259 e. The molecule has 0 bridgehead atoms. The summed E-state index contributed by atoms with van der Waals surface area (Å²) in [6.45, 7) is 1.66. The molecule has 1 fully saturated rings. The second-order valence-electron chi connectivity index (χ2n) is 7.15. The van der Waals surface area contributed by atoms with Crippen LogP contribution in [0, 0.1) is 0 Å². The minimum absolute atomic E-state index is 0.125. The first kappa shape index (κ1) is 18.2. The number of fused-ring (bicyclic) bond motifs is 1. The molecule has 0 unspecified atom stereocenters. The minimum atomic E-state index is -3.67. The Morgan fingerprint density at radius 1 is 0.815 bits per heavy atom. The van der Waals surface area contributed by atoms with Crippen molar-refractivity contribution in [1.29, 1.82) is 0 Å². The van der Waals surface area contributed by atoms with Crippen LogP contribution in [0.5, 0.6) is 0 Å². The summed E-state index contributed by atoms with van der Waals surface area (Å²) >= 11 is 0. The first-order valence-electron chi connectivity index (χ1n) is 9.58. The summed E-state index contributed by atoms with van der Waals surface area (Å²) in [5, 5.41) is 0. The lowest BCUT2D eigenvalue weighted by Gasteiger charge is -2.31. The van der Waals surface area contributed by atoms with E-state index < -0.39 is 10.0 Å². The van der Waals surface area contributed by atoms with Gasteiger partial charge in [0.05, 0.1) is 10.5 Å². The van der Waals surface area contributed by atoms with Crippen molar-refractivity contribution in [2.45, 2.75) is 37.0 Å². The third kappa shape index (κ3) is 3.39. The predicted octanol–water partition coefficient (Wildman–Crippen LogP) is 3.45. The molecule has 0 aliphatic carbocycles. The van der Waals surface area contributed by atoms with Gasteiger partial charge in [-0.3, -0.25) is 4.79 Å². The summed E-state index contributed by atoms with van der Waals surface area (Å²) in [6, 6.07) is 14.5. The molecule has 142 valence electrons. The summed E-state index contributed by atoms with van der Waals surface area (Å²) in [6.07, 6.45) is 4.61. The molecule has 0 N–H and O–H groups in total. The summed E-state index contributed by atoms with van der Waals surface area (Å²) in [7, 11) is -3.67. The highest BCUT2D eigenvalue weighted by Crippen LogP contribution is 2.30. The highest BCUT2D eigenvalue weighted by molar-refractivity contribution is 7.89. The van der Waals surface area contributed by atoms with Crippen LogP contribution >= 0.6 is 0 Å². The molecule has 5 nitrogen and oxygen atoms in total. The molecule has 0 aromatic heterocycles. The van der Waals surface area contributed by atoms with Crippen molar-refractivity contribution in [1.82, 2.24) is 4.31 Å². The van der Waals surface area contributed by atoms with E-state index in [4.69, 9.17) is 0 Å². The fourth-order valence-electron chi connectivity index (χ4n) is 4.00. The molecule has 2 aromatic rings. The van der Waals surface area contributed by atoms with Gasteiger partial charge in [-0.05, 0) is 49.4 Å². The number of hydrogen-bond acceptors (Lipinski definition) is 3. The normalized spacial score (nSPS) is 18.1. The number of sulfonamides is 1. The number of benzene rings is 2. The van der Waals surface area contributed by atoms with Crippen LogP contribution in [0.15, 0.2) is 53.4 Å². The monoisotopic (exact) mass is 384 g/mol. The fourth-order valence-corrected chi connectivity index (χ4v) is 5.70. The molecule has 27 heavy (non-hydrogen) atoms. The van der Waals surface area contributed by atoms with Gasteiger partial charge >= 0.3 is 0 Å². The van der Waals surface area contributed by atoms with Crippen molar-refractivity contribution >= 4 is 21.6 Å². The van der Waals surface area contributed by atoms with Crippen molar-refractivity contribution in [3.05, 3.63) is 59.7 Å². The van der Waals surface area contributed by atoms with Crippen LogP contribution in [0.25, 0.3) is 0 Å². The molecule has 0 saturated carbocycles. The maximum absolute atomic E-state index is 13.4. The average molecular weight is 385 g/mol. The predicted molar refractivity (Wildman–Crippen MR) is 105 cm³/mol. The number of amides is 1. The summed E-state index contributed by atoms with van der Waals surface area (Å²) in [4.78, 5) is 15.2. The minimum Gasteiger partial charge on any atom is -0.308 e. The Balaban J connectivity index is 1.73. The van der Waals surface area contributed by atoms with Gasteiger partial charge in [0.1, 0.15) is 0 Å². The molecule has 4 rings (SSSR count). The smallest absolute Gasteiger partial charge is 0.259 e. The van der Waals surface area contributed by atoms with Crippen LogP contribution in [-0.4, -0.2) is 38.3 Å². The van der Waals surface area contributed by atoms with Crippen molar-refractivity contribution < 1.29 is 13.2 Å². The molecule has 0 spiro atoms. The molecule has 6 heteroatoms. The molecule has 1 amide bonds. The van der Waals surface area contributed by atoms with Crippen LogP contribution in [0.4, 0.5) is 5.69 Å². The zero-order valence-corrected chi connectivity index (χ0v) is 16.1. The van der Waals surface area contributed by atoms with E-state index in [0.29, 0.717) is 19.6 Å². The Morgan fingerprint density at radius 2 is 1.52 bits per heavy atom. The quantitative estimate of drug-likeness (QED) is 0.814. The van der Waals surface area contributed by atoms with E-state index in [1.807, 2.05) is 24.3 Å². The van der Waals surface area contributed by atoms with E-state index in [9.17, 15) is 13.2 Å². The Labute approximate surface area is 160 Å². The molecule has 0 atom stereocenters. The van der Waals surface area contributed by atoms with Crippen LogP contribution in [0.1, 0.15) is 41.6 Å². The van der Waals surface area contributed by atoms with Crippen molar-refractivity contribution in [3.8, 4) is 0 Å². The van der Waals surface area contributed by atoms with Gasteiger partial charge in [-0.15, -0.1) is 0 Å². The second-order valence-corrected chi connectivity index (χ2v) is 9.06. The first-order valence-corrected chi connectivity index (χ1v) is 11.0. The molecule has 2 aromatic carbocycles. The van der Waals surface area contributed by atoms with E-state index in [-0.39, 0.29) is 16.4 Å². The SMILES string of the molecule is O=C(c1ccccc1S(=O)(=O)N1CCCCC1)N1CCCc2ccccc21. The lowest BCUT2D eigenvalue weighted by atomic mass is 10.0. The standard InChI is InChI=1S/C21H24N2O3S/c24-21(23-16-8-10-17-9-2-4-12-19(17)23)18-11-3-5-13-20(18)27(25,26)22-14-6-1-7-15-22/h2-5,9,11-13H,1,6-8,10,14-16H2. The summed E-state index contributed by atoms with van der Waals surface area (Å²) < 4.78 is 27.9. The number of piperidine rings is 1. The van der Waals surface area contributed by atoms with Gasteiger partial charge in [0.2, 0.25) is 10.0 Å². The molecule has 2 aliphatic rings. The zero-order valence-electron chi connectivity index (χ0n) is 15.3. The van der Waals surface area contributed by atoms with Crippen LogP contribution < -0.4 is 4.90 Å². The largest absolute Gasteiger partial charge is 0.308 e. The second kappa shape index (κ2) is 7.44. The Hall–Kier alpha value is -2.18. The molecule has 0 radical (unpaired) electrons. The van der Waals surface area contributed by atoms with Gasteiger partial charge in [0.15, 0.2) is 0 Å². The zero-order chi connectivity index (χ0) is 18.9. The number of nitrogens with zero attached hydrogens (tertiary/aromatic N) is 2. The number of carbonyl (C=O) groups excluding carboxylic acids is 1. The van der Waals surface area contributed by atoms with Crippen molar-refractivity contribution in [2.75, 3.05) is 24.5 Å². The van der Waals surface area contributed by atoms with Crippen LogP contribution in [0.2, 0.25) is 0 Å². The van der Waals surface area contributed by atoms with E-state index in [1.165, 1.54) is 4.31 Å². The van der Waals surface area contributed by atoms with Crippen molar-refractivity contribution in [3.63, 3.8) is 0 Å². The van der Waals surface area contributed by atoms with Crippen molar-refractivity contribution in [2.24, 2.45) is 0 Å². The van der Waals surface area contributed by atoms with E-state index in [2.05, 4.69) is 0 Å². The average Bonchev–Trinajstić information content (AvgIpc) is 2.73. The van der Waals surface area contributed by atoms with E-state index in [0.717, 1.165) is 43.4 Å². The molecular formula is C21H24N2O3S. The Morgan fingerprint density at radius 3 is 2.33 bits per heavy atom. The number of hydrogen-bond donors (Lipinski definition) is 0. The molecule has 2 heterocycles. The molecular weight excluding hydrogens is 360 g/mol. The number of anilines is 1. The highest BCUT2D eigenvalue weighted by atomic mass is 32.2. The summed E-state index contributed by atoms with van der Waals surface area (Å²) in [5.41, 5.74) is 2.28. The van der Waals surface area contributed by atoms with Gasteiger partial charge in [-0.25, -0.2) is 8.42 Å². The summed E-state index contributed by atoms with van der Waals surface area (Å²) in [5.74, 6) is -0.238. The fraction of sp³-hybridized carbons (Fsp3) is 0.381.